The zero-order valence-corrected chi connectivity index (χ0v) is 20.9. The van der Waals surface area contributed by atoms with Gasteiger partial charge < -0.3 is 20.8 Å². The molecule has 0 saturated heterocycles. The molecule has 35 heavy (non-hydrogen) atoms. The number of hydrogen-bond donors (Lipinski definition) is 4. The van der Waals surface area contributed by atoms with Gasteiger partial charge in [0.25, 0.3) is 5.91 Å². The molecule has 2 aromatic carbocycles. The summed E-state index contributed by atoms with van der Waals surface area (Å²) in [5, 5.41) is 30.9. The highest BCUT2D eigenvalue weighted by molar-refractivity contribution is 5.93. The van der Waals surface area contributed by atoms with Gasteiger partial charge in [-0.15, -0.1) is 0 Å². The van der Waals surface area contributed by atoms with Gasteiger partial charge in [-0.25, -0.2) is 4.68 Å². The van der Waals surface area contributed by atoms with Gasteiger partial charge in [0.05, 0.1) is 23.8 Å². The molecule has 186 valence electrons. The van der Waals surface area contributed by atoms with Crippen LogP contribution in [-0.4, -0.2) is 44.0 Å². The standard InChI is InChI=1S/C27H34N4O4/c1-18-11-9-10-14-20(18)21(16-24(32)33)29-25(34)22-15-23(28-17-27(5,35)26(2,3)4)31(30-22)19-12-7-6-8-13-19/h6-15,21,28,35H,16-17H2,1-5H3,(H,29,34)(H,32,33). The van der Waals surface area contributed by atoms with Crippen LogP contribution in [0.15, 0.2) is 60.7 Å². The molecule has 2 unspecified atom stereocenters. The largest absolute Gasteiger partial charge is 0.481 e. The first-order valence-electron chi connectivity index (χ1n) is 11.6. The molecule has 0 aliphatic carbocycles. The maximum absolute atomic E-state index is 13.2. The average Bonchev–Trinajstić information content (AvgIpc) is 3.22. The summed E-state index contributed by atoms with van der Waals surface area (Å²) in [6.45, 7) is 9.74. The highest BCUT2D eigenvalue weighted by Crippen LogP contribution is 2.30. The second-order valence-corrected chi connectivity index (χ2v) is 10.0. The molecule has 3 aromatic rings. The third-order valence-electron chi connectivity index (χ3n) is 6.42. The van der Waals surface area contributed by atoms with Gasteiger partial charge in [-0.3, -0.25) is 9.59 Å². The van der Waals surface area contributed by atoms with E-state index >= 15 is 0 Å². The quantitative estimate of drug-likeness (QED) is 0.364. The summed E-state index contributed by atoms with van der Waals surface area (Å²) in [5.41, 5.74) is 1.10. The van der Waals surface area contributed by atoms with Crippen molar-refractivity contribution in [2.24, 2.45) is 5.41 Å². The number of nitrogens with zero attached hydrogens (tertiary/aromatic N) is 2. The Kier molecular flexibility index (Phi) is 7.65. The molecule has 4 N–H and O–H groups in total. The van der Waals surface area contributed by atoms with Crippen LogP contribution in [0.5, 0.6) is 0 Å². The van der Waals surface area contributed by atoms with Crippen LogP contribution in [-0.2, 0) is 4.79 Å². The van der Waals surface area contributed by atoms with E-state index in [2.05, 4.69) is 15.7 Å². The minimum Gasteiger partial charge on any atom is -0.481 e. The summed E-state index contributed by atoms with van der Waals surface area (Å²) in [5.74, 6) is -0.962. The number of anilines is 1. The molecule has 0 aliphatic heterocycles. The predicted molar refractivity (Wildman–Crippen MR) is 136 cm³/mol. The van der Waals surface area contributed by atoms with Crippen LogP contribution >= 0.6 is 0 Å². The predicted octanol–water partition coefficient (Wildman–Crippen LogP) is 4.34. The number of carbonyl (C=O) groups is 2. The first-order chi connectivity index (χ1) is 16.4. The number of rotatable bonds is 9. The lowest BCUT2D eigenvalue weighted by Gasteiger charge is -2.37. The molecule has 2 atom stereocenters. The lowest BCUT2D eigenvalue weighted by Crippen LogP contribution is -2.45. The van der Waals surface area contributed by atoms with Gasteiger partial charge in [-0.05, 0) is 42.5 Å². The Labute approximate surface area is 206 Å². The van der Waals surface area contributed by atoms with Crippen LogP contribution in [0.2, 0.25) is 0 Å². The van der Waals surface area contributed by atoms with Gasteiger partial charge in [-0.2, -0.15) is 5.10 Å². The molecule has 8 heteroatoms. The number of amides is 1. The van der Waals surface area contributed by atoms with Crippen molar-refractivity contribution < 1.29 is 19.8 Å². The maximum atomic E-state index is 13.2. The van der Waals surface area contributed by atoms with E-state index in [1.165, 1.54) is 0 Å². The highest BCUT2D eigenvalue weighted by Gasteiger charge is 2.35. The molecule has 1 amide bonds. The Morgan fingerprint density at radius 2 is 1.66 bits per heavy atom. The first-order valence-corrected chi connectivity index (χ1v) is 11.6. The number of benzene rings is 2. The molecule has 0 bridgehead atoms. The normalized spacial score (nSPS) is 14.1. The number of carbonyl (C=O) groups excluding carboxylic acids is 1. The summed E-state index contributed by atoms with van der Waals surface area (Å²) >= 11 is 0. The summed E-state index contributed by atoms with van der Waals surface area (Å²) in [6, 6.07) is 17.6. The van der Waals surface area contributed by atoms with Crippen LogP contribution in [0.1, 0.15) is 61.8 Å². The monoisotopic (exact) mass is 478 g/mol. The zero-order valence-electron chi connectivity index (χ0n) is 20.9. The highest BCUT2D eigenvalue weighted by atomic mass is 16.4. The molecule has 0 aliphatic rings. The van der Waals surface area contributed by atoms with Gasteiger partial charge in [0.1, 0.15) is 5.82 Å². The maximum Gasteiger partial charge on any atom is 0.305 e. The lowest BCUT2D eigenvalue weighted by atomic mass is 9.78. The average molecular weight is 479 g/mol. The SMILES string of the molecule is Cc1ccccc1C(CC(=O)O)NC(=O)c1cc(NCC(C)(O)C(C)(C)C)n(-c2ccccc2)n1. The Morgan fingerprint density at radius 1 is 1.03 bits per heavy atom. The number of para-hydroxylation sites is 1. The van der Waals surface area contributed by atoms with Crippen molar-refractivity contribution in [3.63, 3.8) is 0 Å². The summed E-state index contributed by atoms with van der Waals surface area (Å²) in [4.78, 5) is 24.7. The van der Waals surface area contributed by atoms with Crippen molar-refractivity contribution in [2.75, 3.05) is 11.9 Å². The number of aliphatic hydroxyl groups is 1. The smallest absolute Gasteiger partial charge is 0.305 e. The summed E-state index contributed by atoms with van der Waals surface area (Å²) < 4.78 is 1.60. The van der Waals surface area contributed by atoms with E-state index in [4.69, 9.17) is 0 Å². The molecule has 8 nitrogen and oxygen atoms in total. The van der Waals surface area contributed by atoms with E-state index in [1.807, 2.05) is 82.3 Å². The minimum atomic E-state index is -1.03. The summed E-state index contributed by atoms with van der Waals surface area (Å²) in [6.07, 6.45) is -0.254. The van der Waals surface area contributed by atoms with Gasteiger partial charge in [0.2, 0.25) is 0 Å². The minimum absolute atomic E-state index is 0.135. The Balaban J connectivity index is 1.92. The van der Waals surface area contributed by atoms with Crippen molar-refractivity contribution in [1.82, 2.24) is 15.1 Å². The van der Waals surface area contributed by atoms with Gasteiger partial charge in [0.15, 0.2) is 5.69 Å². The number of nitrogens with one attached hydrogen (secondary N) is 2. The Bertz CT molecular complexity index is 1180. The third kappa shape index (κ3) is 6.27. The van der Waals surface area contributed by atoms with E-state index in [0.717, 1.165) is 16.8 Å². The van der Waals surface area contributed by atoms with E-state index in [-0.39, 0.29) is 24.1 Å². The van der Waals surface area contributed by atoms with Crippen LogP contribution in [0, 0.1) is 12.3 Å². The number of aryl methyl sites for hydroxylation is 1. The van der Waals surface area contributed by atoms with E-state index in [1.54, 1.807) is 17.7 Å². The molecular weight excluding hydrogens is 444 g/mol. The second kappa shape index (κ2) is 10.3. The number of aromatic nitrogens is 2. The van der Waals surface area contributed by atoms with Crippen LogP contribution < -0.4 is 10.6 Å². The molecule has 0 spiro atoms. The molecule has 1 aromatic heterocycles. The van der Waals surface area contributed by atoms with Crippen LogP contribution in [0.25, 0.3) is 5.69 Å². The fourth-order valence-electron chi connectivity index (χ4n) is 3.54. The van der Waals surface area contributed by atoms with E-state index in [0.29, 0.717) is 5.82 Å². The topological polar surface area (TPSA) is 116 Å². The van der Waals surface area contributed by atoms with E-state index in [9.17, 15) is 19.8 Å². The van der Waals surface area contributed by atoms with Gasteiger partial charge in [0, 0.05) is 12.6 Å². The van der Waals surface area contributed by atoms with Crippen molar-refractivity contribution in [3.8, 4) is 5.69 Å². The molecule has 0 fully saturated rings. The van der Waals surface area contributed by atoms with Crippen molar-refractivity contribution >= 4 is 17.7 Å². The number of carboxylic acid groups (broad SMARTS) is 1. The molecule has 0 radical (unpaired) electrons. The van der Waals surface area contributed by atoms with Crippen LogP contribution in [0.3, 0.4) is 0 Å². The third-order valence-corrected chi connectivity index (χ3v) is 6.42. The lowest BCUT2D eigenvalue weighted by molar-refractivity contribution is -0.137. The Hall–Kier alpha value is -3.65. The van der Waals surface area contributed by atoms with E-state index < -0.39 is 23.5 Å². The number of aliphatic carboxylic acids is 1. The Morgan fingerprint density at radius 3 is 2.26 bits per heavy atom. The fraction of sp³-hybridized carbons (Fsp3) is 0.370. The first kappa shape index (κ1) is 26.0. The van der Waals surface area contributed by atoms with Crippen LogP contribution in [0.4, 0.5) is 5.82 Å². The van der Waals surface area contributed by atoms with Gasteiger partial charge >= 0.3 is 5.97 Å². The zero-order chi connectivity index (χ0) is 25.8. The fourth-order valence-corrected chi connectivity index (χ4v) is 3.54. The van der Waals surface area contributed by atoms with Crippen molar-refractivity contribution in [1.29, 1.82) is 0 Å². The second-order valence-electron chi connectivity index (χ2n) is 10.0. The summed E-state index contributed by atoms with van der Waals surface area (Å²) in [7, 11) is 0. The van der Waals surface area contributed by atoms with Crippen molar-refractivity contribution in [3.05, 3.63) is 77.5 Å². The molecular formula is C27H34N4O4. The van der Waals surface area contributed by atoms with Crippen molar-refractivity contribution in [2.45, 2.75) is 52.7 Å². The molecule has 3 rings (SSSR count). The molecule has 0 saturated carbocycles. The van der Waals surface area contributed by atoms with Gasteiger partial charge in [-0.1, -0.05) is 63.2 Å². The number of hydrogen-bond acceptors (Lipinski definition) is 5. The number of carboxylic acids is 1. The molecule has 1 heterocycles.